The summed E-state index contributed by atoms with van der Waals surface area (Å²) in [4.78, 5) is 26.8. The van der Waals surface area contributed by atoms with Crippen molar-refractivity contribution in [2.24, 2.45) is 0 Å². The number of nitrogens with one attached hydrogen (secondary N) is 1. The molecule has 0 fully saturated rings. The Morgan fingerprint density at radius 2 is 1.84 bits per heavy atom. The molecule has 0 bridgehead atoms. The largest absolute Gasteiger partial charge is 0.357 e. The van der Waals surface area contributed by atoms with E-state index >= 15 is 0 Å². The second-order valence-electron chi connectivity index (χ2n) is 7.11. The number of amides is 2. The van der Waals surface area contributed by atoms with Crippen molar-refractivity contribution in [1.29, 1.82) is 0 Å². The zero-order valence-electron chi connectivity index (χ0n) is 17.7. The normalized spacial score (nSPS) is 12.2. The van der Waals surface area contributed by atoms with Gasteiger partial charge >= 0.3 is 0 Å². The zero-order chi connectivity index (χ0) is 23.3. The Balaban J connectivity index is 2.42. The topological polar surface area (TPSA) is 86.8 Å². The number of hydrogen-bond donors (Lipinski definition) is 1. The molecular weight excluding hydrogens is 445 g/mol. The summed E-state index contributed by atoms with van der Waals surface area (Å²) in [5.74, 6) is -1.69. The van der Waals surface area contributed by atoms with Crippen molar-refractivity contribution in [2.75, 3.05) is 24.2 Å². The maximum absolute atomic E-state index is 13.5. The van der Waals surface area contributed by atoms with Gasteiger partial charge in [0.05, 0.1) is 17.0 Å². The van der Waals surface area contributed by atoms with E-state index in [0.29, 0.717) is 0 Å². The monoisotopic (exact) mass is 469 g/mol. The molecule has 0 aliphatic carbocycles. The third-order valence-corrected chi connectivity index (χ3v) is 6.32. The molecule has 2 rings (SSSR count). The number of rotatable bonds is 8. The van der Waals surface area contributed by atoms with Gasteiger partial charge in [0.1, 0.15) is 18.4 Å². The molecule has 31 heavy (non-hydrogen) atoms. The Kier molecular flexibility index (Phi) is 8.02. The van der Waals surface area contributed by atoms with Crippen molar-refractivity contribution < 1.29 is 22.4 Å². The van der Waals surface area contributed by atoms with Crippen LogP contribution in [0, 0.1) is 12.7 Å². The molecule has 1 N–H and O–H groups in total. The van der Waals surface area contributed by atoms with E-state index in [0.717, 1.165) is 33.8 Å². The molecule has 0 spiro atoms. The lowest BCUT2D eigenvalue weighted by Crippen LogP contribution is -2.50. The van der Waals surface area contributed by atoms with E-state index in [1.807, 2.05) is 31.2 Å². The highest BCUT2D eigenvalue weighted by Crippen LogP contribution is 2.25. The number of anilines is 1. The van der Waals surface area contributed by atoms with Gasteiger partial charge in [-0.15, -0.1) is 0 Å². The number of benzene rings is 2. The van der Waals surface area contributed by atoms with Crippen LogP contribution in [0.1, 0.15) is 18.1 Å². The number of likely N-dealkylation sites (N-methyl/N-ethyl adjacent to an activating group) is 1. The number of hydrogen-bond acceptors (Lipinski definition) is 4. The molecule has 2 aromatic carbocycles. The van der Waals surface area contributed by atoms with E-state index in [2.05, 4.69) is 5.32 Å². The highest BCUT2D eigenvalue weighted by Gasteiger charge is 2.30. The lowest BCUT2D eigenvalue weighted by atomic mass is 10.1. The summed E-state index contributed by atoms with van der Waals surface area (Å²) in [6, 6.07) is 9.93. The fraction of sp³-hybridized carbons (Fsp3) is 0.333. The summed E-state index contributed by atoms with van der Waals surface area (Å²) in [6.07, 6.45) is 0.936. The molecule has 0 saturated carbocycles. The molecule has 168 valence electrons. The van der Waals surface area contributed by atoms with Gasteiger partial charge in [-0.1, -0.05) is 35.9 Å². The first-order valence-electron chi connectivity index (χ1n) is 9.44. The number of carbonyl (C=O) groups is 2. The minimum absolute atomic E-state index is 0.0469. The van der Waals surface area contributed by atoms with Crippen molar-refractivity contribution in [2.45, 2.75) is 26.4 Å². The van der Waals surface area contributed by atoms with Crippen LogP contribution in [-0.4, -0.2) is 51.0 Å². The van der Waals surface area contributed by atoms with Gasteiger partial charge in [0.2, 0.25) is 21.8 Å². The minimum Gasteiger partial charge on any atom is -0.357 e. The Morgan fingerprint density at radius 3 is 2.39 bits per heavy atom. The zero-order valence-corrected chi connectivity index (χ0v) is 19.3. The summed E-state index contributed by atoms with van der Waals surface area (Å²) < 4.78 is 39.2. The standard InChI is InChI=1S/C21H25ClFN3O4S/c1-14-7-5-6-8-16(14)12-25(15(2)21(28)24-3)20(27)13-26(31(4,29)30)17-9-10-19(23)18(22)11-17/h5-11,15H,12-13H2,1-4H3,(H,24,28)/t15-/m0/s1. The van der Waals surface area contributed by atoms with E-state index in [9.17, 15) is 22.4 Å². The Labute approximate surface area is 186 Å². The second-order valence-corrected chi connectivity index (χ2v) is 9.42. The van der Waals surface area contributed by atoms with E-state index < -0.39 is 40.2 Å². The van der Waals surface area contributed by atoms with Crippen molar-refractivity contribution in [1.82, 2.24) is 10.2 Å². The minimum atomic E-state index is -3.90. The van der Waals surface area contributed by atoms with Gasteiger partial charge in [-0.2, -0.15) is 0 Å². The molecule has 0 radical (unpaired) electrons. The lowest BCUT2D eigenvalue weighted by Gasteiger charge is -2.31. The second kappa shape index (κ2) is 10.1. The van der Waals surface area contributed by atoms with Gasteiger partial charge in [0.25, 0.3) is 0 Å². The van der Waals surface area contributed by atoms with E-state index in [1.165, 1.54) is 18.0 Å². The van der Waals surface area contributed by atoms with Crippen LogP contribution in [0.25, 0.3) is 0 Å². The van der Waals surface area contributed by atoms with Crippen LogP contribution in [0.2, 0.25) is 5.02 Å². The number of halogens is 2. The van der Waals surface area contributed by atoms with Crippen LogP contribution in [-0.2, 0) is 26.2 Å². The summed E-state index contributed by atoms with van der Waals surface area (Å²) in [5.41, 5.74) is 1.79. The van der Waals surface area contributed by atoms with Crippen molar-refractivity contribution in [3.8, 4) is 0 Å². The van der Waals surface area contributed by atoms with Gasteiger partial charge in [-0.25, -0.2) is 12.8 Å². The maximum atomic E-state index is 13.5. The Morgan fingerprint density at radius 1 is 1.19 bits per heavy atom. The summed E-state index contributed by atoms with van der Waals surface area (Å²) in [6.45, 7) is 2.98. The molecule has 10 heteroatoms. The predicted octanol–water partition coefficient (Wildman–Crippen LogP) is 2.72. The lowest BCUT2D eigenvalue weighted by molar-refractivity contribution is -0.139. The summed E-state index contributed by atoms with van der Waals surface area (Å²) in [5, 5.41) is 2.24. The Hall–Kier alpha value is -2.65. The van der Waals surface area contributed by atoms with Gasteiger partial charge in [0.15, 0.2) is 0 Å². The molecule has 0 saturated heterocycles. The van der Waals surface area contributed by atoms with Crippen molar-refractivity contribution >= 4 is 39.1 Å². The molecule has 0 aromatic heterocycles. The fourth-order valence-electron chi connectivity index (χ4n) is 3.02. The molecule has 1 atom stereocenters. The van der Waals surface area contributed by atoms with Crippen LogP contribution in [0.3, 0.4) is 0 Å². The van der Waals surface area contributed by atoms with Gasteiger partial charge in [0, 0.05) is 13.6 Å². The number of carbonyl (C=O) groups excluding carboxylic acids is 2. The third kappa shape index (κ3) is 6.18. The average molecular weight is 470 g/mol. The first-order valence-corrected chi connectivity index (χ1v) is 11.7. The maximum Gasteiger partial charge on any atom is 0.244 e. The van der Waals surface area contributed by atoms with Crippen LogP contribution in [0.4, 0.5) is 10.1 Å². The molecule has 7 nitrogen and oxygen atoms in total. The summed E-state index contributed by atoms with van der Waals surface area (Å²) in [7, 11) is -2.45. The van der Waals surface area contributed by atoms with Gasteiger partial charge in [-0.05, 0) is 43.2 Å². The highest BCUT2D eigenvalue weighted by atomic mass is 35.5. The van der Waals surface area contributed by atoms with E-state index in [-0.39, 0.29) is 17.3 Å². The SMILES string of the molecule is CNC(=O)[C@H](C)N(Cc1ccccc1C)C(=O)CN(c1ccc(F)c(Cl)c1)S(C)(=O)=O. The molecule has 0 unspecified atom stereocenters. The molecule has 0 heterocycles. The highest BCUT2D eigenvalue weighted by molar-refractivity contribution is 7.92. The molecule has 0 aliphatic rings. The van der Waals surface area contributed by atoms with E-state index in [1.54, 1.807) is 6.92 Å². The van der Waals surface area contributed by atoms with Crippen molar-refractivity contribution in [3.05, 3.63) is 64.4 Å². The molecular formula is C21H25ClFN3O4S. The first-order chi connectivity index (χ1) is 14.5. The number of aryl methyl sites for hydroxylation is 1. The van der Waals surface area contributed by atoms with Gasteiger partial charge < -0.3 is 10.2 Å². The molecule has 2 aromatic rings. The quantitative estimate of drug-likeness (QED) is 0.644. The molecule has 2 amide bonds. The van der Waals surface area contributed by atoms with E-state index in [4.69, 9.17) is 11.6 Å². The average Bonchev–Trinajstić information content (AvgIpc) is 2.71. The van der Waals surface area contributed by atoms with Crippen molar-refractivity contribution in [3.63, 3.8) is 0 Å². The van der Waals surface area contributed by atoms with Crippen LogP contribution >= 0.6 is 11.6 Å². The number of sulfonamides is 1. The van der Waals surface area contributed by atoms with Crippen LogP contribution < -0.4 is 9.62 Å². The predicted molar refractivity (Wildman–Crippen MR) is 119 cm³/mol. The van der Waals surface area contributed by atoms with Crippen LogP contribution in [0.5, 0.6) is 0 Å². The number of nitrogens with zero attached hydrogens (tertiary/aromatic N) is 2. The first kappa shape index (κ1) is 24.6. The molecule has 0 aliphatic heterocycles. The third-order valence-electron chi connectivity index (χ3n) is 4.89. The smallest absolute Gasteiger partial charge is 0.244 e. The van der Waals surface area contributed by atoms with Gasteiger partial charge in [-0.3, -0.25) is 13.9 Å². The fourth-order valence-corrected chi connectivity index (χ4v) is 4.03. The summed E-state index contributed by atoms with van der Waals surface area (Å²) >= 11 is 5.80. The Bertz CT molecular complexity index is 1080. The van der Waals surface area contributed by atoms with Crippen LogP contribution in [0.15, 0.2) is 42.5 Å².